The largest absolute Gasteiger partial charge is 0.326 e. The van der Waals surface area contributed by atoms with Crippen molar-refractivity contribution in [2.75, 3.05) is 0 Å². The van der Waals surface area contributed by atoms with Crippen molar-refractivity contribution < 1.29 is 0 Å². The number of benzene rings is 1. The summed E-state index contributed by atoms with van der Waals surface area (Å²) in [6.07, 6.45) is 3.57. The van der Waals surface area contributed by atoms with Gasteiger partial charge in [-0.15, -0.1) is 0 Å². The SMILES string of the molecule is NCc1cnn(-c2cc(Cl)cc(Cl)c2)c1. The monoisotopic (exact) mass is 241 g/mol. The second kappa shape index (κ2) is 4.23. The van der Waals surface area contributed by atoms with Crippen LogP contribution >= 0.6 is 23.2 Å². The summed E-state index contributed by atoms with van der Waals surface area (Å²) in [6, 6.07) is 5.27. The van der Waals surface area contributed by atoms with Crippen LogP contribution in [0.4, 0.5) is 0 Å². The molecule has 2 N–H and O–H groups in total. The minimum atomic E-state index is 0.467. The third-order valence-corrected chi connectivity index (χ3v) is 2.42. The molecular weight excluding hydrogens is 233 g/mol. The highest BCUT2D eigenvalue weighted by Gasteiger charge is 2.02. The van der Waals surface area contributed by atoms with E-state index >= 15 is 0 Å². The number of nitrogens with zero attached hydrogens (tertiary/aromatic N) is 2. The zero-order valence-electron chi connectivity index (χ0n) is 7.82. The van der Waals surface area contributed by atoms with Gasteiger partial charge in [0.05, 0.1) is 11.9 Å². The smallest absolute Gasteiger partial charge is 0.0675 e. The van der Waals surface area contributed by atoms with Crippen molar-refractivity contribution in [2.24, 2.45) is 5.73 Å². The molecule has 3 nitrogen and oxygen atoms in total. The third-order valence-electron chi connectivity index (χ3n) is 1.98. The van der Waals surface area contributed by atoms with E-state index in [1.165, 1.54) is 0 Å². The first-order valence-corrected chi connectivity index (χ1v) is 5.15. The average molecular weight is 242 g/mol. The van der Waals surface area contributed by atoms with Crippen LogP contribution in [0.2, 0.25) is 10.0 Å². The molecule has 0 unspecified atom stereocenters. The predicted octanol–water partition coefficient (Wildman–Crippen LogP) is 2.64. The van der Waals surface area contributed by atoms with Crippen LogP contribution in [0.3, 0.4) is 0 Å². The van der Waals surface area contributed by atoms with Gasteiger partial charge in [-0.2, -0.15) is 5.10 Å². The molecule has 0 aliphatic carbocycles. The molecule has 1 aromatic carbocycles. The summed E-state index contributed by atoms with van der Waals surface area (Å²) in [6.45, 7) is 0.467. The summed E-state index contributed by atoms with van der Waals surface area (Å²) in [4.78, 5) is 0. The normalized spacial score (nSPS) is 10.6. The van der Waals surface area contributed by atoms with Crippen LogP contribution in [0.5, 0.6) is 0 Å². The van der Waals surface area contributed by atoms with E-state index in [-0.39, 0.29) is 0 Å². The van der Waals surface area contributed by atoms with Gasteiger partial charge in [-0.25, -0.2) is 4.68 Å². The van der Waals surface area contributed by atoms with Crippen molar-refractivity contribution in [1.82, 2.24) is 9.78 Å². The Hall–Kier alpha value is -1.03. The highest BCUT2D eigenvalue weighted by atomic mass is 35.5. The highest BCUT2D eigenvalue weighted by Crippen LogP contribution is 2.21. The van der Waals surface area contributed by atoms with Crippen molar-refractivity contribution in [3.63, 3.8) is 0 Å². The second-order valence-corrected chi connectivity index (χ2v) is 4.00. The fraction of sp³-hybridized carbons (Fsp3) is 0.100. The zero-order chi connectivity index (χ0) is 10.8. The average Bonchev–Trinajstić information content (AvgIpc) is 2.64. The lowest BCUT2D eigenvalue weighted by molar-refractivity contribution is 0.879. The van der Waals surface area contributed by atoms with Crippen LogP contribution < -0.4 is 5.73 Å². The Morgan fingerprint density at radius 1 is 1.20 bits per heavy atom. The molecule has 0 bridgehead atoms. The molecule has 15 heavy (non-hydrogen) atoms. The topological polar surface area (TPSA) is 43.8 Å². The first-order chi connectivity index (χ1) is 7.19. The standard InChI is InChI=1S/C10H9Cl2N3/c11-8-1-9(12)3-10(2-8)15-6-7(4-13)5-14-15/h1-3,5-6H,4,13H2. The fourth-order valence-electron chi connectivity index (χ4n) is 1.28. The molecule has 78 valence electrons. The van der Waals surface area contributed by atoms with Crippen molar-refractivity contribution in [1.29, 1.82) is 0 Å². The summed E-state index contributed by atoms with van der Waals surface area (Å²) in [5, 5.41) is 5.33. The van der Waals surface area contributed by atoms with Gasteiger partial charge in [0.2, 0.25) is 0 Å². The van der Waals surface area contributed by atoms with Crippen LogP contribution in [0.1, 0.15) is 5.56 Å². The van der Waals surface area contributed by atoms with Gasteiger partial charge in [-0.05, 0) is 18.2 Å². The van der Waals surface area contributed by atoms with Gasteiger partial charge in [0, 0.05) is 28.4 Å². The van der Waals surface area contributed by atoms with Crippen LogP contribution in [0, 0.1) is 0 Å². The molecule has 0 aliphatic rings. The van der Waals surface area contributed by atoms with E-state index in [0.717, 1.165) is 11.3 Å². The molecule has 5 heteroatoms. The lowest BCUT2D eigenvalue weighted by Gasteiger charge is -2.02. The molecule has 2 aromatic rings. The summed E-state index contributed by atoms with van der Waals surface area (Å²) >= 11 is 11.8. The zero-order valence-corrected chi connectivity index (χ0v) is 9.33. The Bertz CT molecular complexity index is 459. The van der Waals surface area contributed by atoms with E-state index < -0.39 is 0 Å². The van der Waals surface area contributed by atoms with E-state index in [9.17, 15) is 0 Å². The molecule has 1 heterocycles. The van der Waals surface area contributed by atoms with Gasteiger partial charge in [0.1, 0.15) is 0 Å². The molecular formula is C10H9Cl2N3. The predicted molar refractivity (Wildman–Crippen MR) is 61.5 cm³/mol. The summed E-state index contributed by atoms with van der Waals surface area (Å²) in [5.74, 6) is 0. The number of nitrogens with two attached hydrogens (primary N) is 1. The Morgan fingerprint density at radius 3 is 2.40 bits per heavy atom. The first-order valence-electron chi connectivity index (χ1n) is 4.39. The first kappa shape index (κ1) is 10.5. The Balaban J connectivity index is 2.44. The van der Waals surface area contributed by atoms with Gasteiger partial charge >= 0.3 is 0 Å². The van der Waals surface area contributed by atoms with E-state index in [1.54, 1.807) is 29.1 Å². The maximum atomic E-state index is 5.89. The molecule has 2 rings (SSSR count). The quantitative estimate of drug-likeness (QED) is 0.879. The molecule has 0 amide bonds. The van der Waals surface area contributed by atoms with Crippen molar-refractivity contribution in [3.8, 4) is 5.69 Å². The van der Waals surface area contributed by atoms with Gasteiger partial charge in [-0.3, -0.25) is 0 Å². The van der Waals surface area contributed by atoms with E-state index in [1.807, 2.05) is 6.20 Å². The van der Waals surface area contributed by atoms with Crippen LogP contribution in [-0.4, -0.2) is 9.78 Å². The number of hydrogen-bond acceptors (Lipinski definition) is 2. The van der Waals surface area contributed by atoms with Crippen LogP contribution in [-0.2, 0) is 6.54 Å². The number of hydrogen-bond donors (Lipinski definition) is 1. The Morgan fingerprint density at radius 2 is 1.87 bits per heavy atom. The number of rotatable bonds is 2. The molecule has 0 saturated heterocycles. The van der Waals surface area contributed by atoms with Gasteiger partial charge in [-0.1, -0.05) is 23.2 Å². The fourth-order valence-corrected chi connectivity index (χ4v) is 1.79. The highest BCUT2D eigenvalue weighted by molar-refractivity contribution is 6.34. The van der Waals surface area contributed by atoms with E-state index in [2.05, 4.69) is 5.10 Å². The van der Waals surface area contributed by atoms with Gasteiger partial charge in [0.15, 0.2) is 0 Å². The molecule has 0 aliphatic heterocycles. The summed E-state index contributed by atoms with van der Waals surface area (Å²) in [5.41, 5.74) is 7.29. The number of aromatic nitrogens is 2. The molecule has 0 atom stereocenters. The molecule has 0 radical (unpaired) electrons. The molecule has 1 aromatic heterocycles. The lowest BCUT2D eigenvalue weighted by Crippen LogP contribution is -1.95. The van der Waals surface area contributed by atoms with E-state index in [0.29, 0.717) is 16.6 Å². The lowest BCUT2D eigenvalue weighted by atomic mass is 10.3. The Labute approximate surface area is 97.4 Å². The maximum Gasteiger partial charge on any atom is 0.0675 e. The molecule has 0 spiro atoms. The Kier molecular flexibility index (Phi) is 2.95. The third kappa shape index (κ3) is 2.31. The van der Waals surface area contributed by atoms with Crippen LogP contribution in [0.15, 0.2) is 30.6 Å². The summed E-state index contributed by atoms with van der Waals surface area (Å²) in [7, 11) is 0. The molecule has 0 saturated carbocycles. The molecule has 0 fully saturated rings. The summed E-state index contributed by atoms with van der Waals surface area (Å²) < 4.78 is 1.69. The van der Waals surface area contributed by atoms with Crippen molar-refractivity contribution in [3.05, 3.63) is 46.2 Å². The van der Waals surface area contributed by atoms with Crippen molar-refractivity contribution in [2.45, 2.75) is 6.54 Å². The van der Waals surface area contributed by atoms with Gasteiger partial charge < -0.3 is 5.73 Å². The van der Waals surface area contributed by atoms with Gasteiger partial charge in [0.25, 0.3) is 0 Å². The second-order valence-electron chi connectivity index (χ2n) is 3.12. The van der Waals surface area contributed by atoms with Crippen molar-refractivity contribution >= 4 is 23.2 Å². The minimum absolute atomic E-state index is 0.467. The van der Waals surface area contributed by atoms with Crippen LogP contribution in [0.25, 0.3) is 5.69 Å². The number of halogens is 2. The van der Waals surface area contributed by atoms with E-state index in [4.69, 9.17) is 28.9 Å². The maximum absolute atomic E-state index is 5.89. The minimum Gasteiger partial charge on any atom is -0.326 e.